The average molecular weight is 278 g/mol. The number of nitrogens with two attached hydrogens (primary N) is 2. The molecule has 0 aliphatic rings. The third-order valence-corrected chi connectivity index (χ3v) is 6.82. The summed E-state index contributed by atoms with van der Waals surface area (Å²) < 4.78 is 16.1. The summed E-state index contributed by atoms with van der Waals surface area (Å²) in [6, 6.07) is 0.776. The van der Waals surface area contributed by atoms with Gasteiger partial charge in [0.15, 0.2) is 0 Å². The van der Waals surface area contributed by atoms with E-state index in [9.17, 15) is 0 Å². The number of rotatable bonds is 10. The highest BCUT2D eigenvalue weighted by Crippen LogP contribution is 2.22. The fraction of sp³-hybridized carbons (Fsp3) is 1.00. The van der Waals surface area contributed by atoms with Gasteiger partial charge in [0.05, 0.1) is 0 Å². The molecule has 4 N–H and O–H groups in total. The van der Waals surface area contributed by atoms with Gasteiger partial charge in [0, 0.05) is 39.0 Å². The third kappa shape index (κ3) is 4.60. The largest absolute Gasteiger partial charge is 0.500 e. The predicted octanol–water partition coefficient (Wildman–Crippen LogP) is 1.49. The second-order valence-electron chi connectivity index (χ2n) is 4.73. The predicted molar refractivity (Wildman–Crippen MR) is 76.3 cm³/mol. The molecule has 6 heteroatoms. The van der Waals surface area contributed by atoms with Crippen LogP contribution in [-0.2, 0) is 13.3 Å². The Bertz CT molecular complexity index is 213. The normalized spacial score (nSPS) is 14.8. The van der Waals surface area contributed by atoms with E-state index in [2.05, 4.69) is 13.8 Å². The van der Waals surface area contributed by atoms with Crippen molar-refractivity contribution in [1.82, 2.24) is 0 Å². The van der Waals surface area contributed by atoms with Crippen molar-refractivity contribution in [3.8, 4) is 0 Å². The summed E-state index contributed by atoms with van der Waals surface area (Å²) in [6.45, 7) is 4.17. The Morgan fingerprint density at radius 3 is 1.83 bits per heavy atom. The first-order chi connectivity index (χ1) is 8.43. The minimum absolute atomic E-state index is 0.00442. The lowest BCUT2D eigenvalue weighted by Crippen LogP contribution is -2.54. The van der Waals surface area contributed by atoms with Gasteiger partial charge in [-0.3, -0.25) is 0 Å². The Labute approximate surface area is 113 Å². The summed E-state index contributed by atoms with van der Waals surface area (Å²) in [5.41, 5.74) is 12.2. The Morgan fingerprint density at radius 1 is 1.06 bits per heavy atom. The summed E-state index contributed by atoms with van der Waals surface area (Å²) in [4.78, 5) is 0. The molecule has 0 spiro atoms. The van der Waals surface area contributed by atoms with E-state index in [0.29, 0.717) is 0 Å². The molecule has 0 rings (SSSR count). The molecule has 0 amide bonds. The highest BCUT2D eigenvalue weighted by molar-refractivity contribution is 6.60. The highest BCUT2D eigenvalue weighted by Gasteiger charge is 2.38. The molecule has 0 aromatic carbocycles. The highest BCUT2D eigenvalue weighted by atomic mass is 28.4. The van der Waals surface area contributed by atoms with Crippen LogP contribution in [0.4, 0.5) is 0 Å². The van der Waals surface area contributed by atoms with Gasteiger partial charge in [-0.2, -0.15) is 0 Å². The zero-order chi connectivity index (χ0) is 14.2. The van der Waals surface area contributed by atoms with E-state index in [-0.39, 0.29) is 11.6 Å². The van der Waals surface area contributed by atoms with Crippen molar-refractivity contribution in [3.05, 3.63) is 0 Å². The molecule has 0 heterocycles. The molecule has 18 heavy (non-hydrogen) atoms. The lowest BCUT2D eigenvalue weighted by atomic mass is 9.84. The molecule has 0 bridgehead atoms. The van der Waals surface area contributed by atoms with E-state index in [1.165, 1.54) is 0 Å². The summed E-state index contributed by atoms with van der Waals surface area (Å²) in [6.07, 6.45) is 3.56. The second kappa shape index (κ2) is 8.24. The Morgan fingerprint density at radius 2 is 1.50 bits per heavy atom. The minimum Gasteiger partial charge on any atom is -0.377 e. The van der Waals surface area contributed by atoms with E-state index in [4.69, 9.17) is 24.7 Å². The standard InChI is InChI=1S/C12H30N2O3Si/c1-6-12(14,7-2)11(13)9-8-10-18(15-3,16-4)17-5/h11H,6-10,13-14H2,1-5H3. The van der Waals surface area contributed by atoms with Crippen molar-refractivity contribution < 1.29 is 13.3 Å². The van der Waals surface area contributed by atoms with Crippen molar-refractivity contribution in [2.24, 2.45) is 11.5 Å². The molecule has 0 aliphatic carbocycles. The first-order valence-corrected chi connectivity index (χ1v) is 8.56. The monoisotopic (exact) mass is 278 g/mol. The SMILES string of the molecule is CCC(N)(CC)C(N)CCC[Si](OC)(OC)OC. The Balaban J connectivity index is 4.25. The quantitative estimate of drug-likeness (QED) is 0.592. The molecule has 0 fully saturated rings. The van der Waals surface area contributed by atoms with E-state index in [1.807, 2.05) is 0 Å². The molecule has 110 valence electrons. The molecule has 0 aromatic heterocycles. The molecule has 0 aliphatic heterocycles. The number of hydrogen-bond acceptors (Lipinski definition) is 5. The van der Waals surface area contributed by atoms with Gasteiger partial charge in [-0.05, 0) is 25.7 Å². The smallest absolute Gasteiger partial charge is 0.377 e. The van der Waals surface area contributed by atoms with Crippen LogP contribution in [0.3, 0.4) is 0 Å². The fourth-order valence-electron chi connectivity index (χ4n) is 2.16. The third-order valence-electron chi connectivity index (χ3n) is 3.99. The maximum atomic E-state index is 6.28. The van der Waals surface area contributed by atoms with E-state index >= 15 is 0 Å². The molecule has 1 atom stereocenters. The Kier molecular flexibility index (Phi) is 8.25. The lowest BCUT2D eigenvalue weighted by Gasteiger charge is -2.34. The summed E-state index contributed by atoms with van der Waals surface area (Å²) in [7, 11) is 2.43. The minimum atomic E-state index is -2.46. The molecule has 5 nitrogen and oxygen atoms in total. The van der Waals surface area contributed by atoms with Crippen molar-refractivity contribution in [3.63, 3.8) is 0 Å². The first kappa shape index (κ1) is 18.0. The maximum absolute atomic E-state index is 6.28. The van der Waals surface area contributed by atoms with Gasteiger partial charge >= 0.3 is 8.80 Å². The van der Waals surface area contributed by atoms with E-state index < -0.39 is 8.80 Å². The number of hydrogen-bond donors (Lipinski definition) is 2. The lowest BCUT2D eigenvalue weighted by molar-refractivity contribution is 0.122. The van der Waals surface area contributed by atoms with Crippen LogP contribution in [0.15, 0.2) is 0 Å². The van der Waals surface area contributed by atoms with Gasteiger partial charge in [0.25, 0.3) is 0 Å². The average Bonchev–Trinajstić information content (AvgIpc) is 2.43. The summed E-state index contributed by atoms with van der Waals surface area (Å²) >= 11 is 0. The van der Waals surface area contributed by atoms with E-state index in [0.717, 1.165) is 31.7 Å². The van der Waals surface area contributed by atoms with Gasteiger partial charge in [-0.15, -0.1) is 0 Å². The van der Waals surface area contributed by atoms with Crippen LogP contribution < -0.4 is 11.5 Å². The van der Waals surface area contributed by atoms with Crippen LogP contribution in [0, 0.1) is 0 Å². The molecule has 0 saturated heterocycles. The van der Waals surface area contributed by atoms with Crippen LogP contribution in [0.25, 0.3) is 0 Å². The van der Waals surface area contributed by atoms with Gasteiger partial charge in [-0.1, -0.05) is 13.8 Å². The second-order valence-corrected chi connectivity index (χ2v) is 7.83. The maximum Gasteiger partial charge on any atom is 0.500 e. The van der Waals surface area contributed by atoms with Crippen molar-refractivity contribution >= 4 is 8.80 Å². The van der Waals surface area contributed by atoms with Gasteiger partial charge in [0.2, 0.25) is 0 Å². The van der Waals surface area contributed by atoms with Crippen LogP contribution in [0.5, 0.6) is 0 Å². The zero-order valence-electron chi connectivity index (χ0n) is 12.5. The molecular weight excluding hydrogens is 248 g/mol. The van der Waals surface area contributed by atoms with Gasteiger partial charge in [0.1, 0.15) is 0 Å². The Hall–Kier alpha value is 0.0169. The van der Waals surface area contributed by atoms with Crippen LogP contribution in [0.2, 0.25) is 6.04 Å². The topological polar surface area (TPSA) is 79.7 Å². The van der Waals surface area contributed by atoms with Gasteiger partial charge < -0.3 is 24.7 Å². The summed E-state index contributed by atoms with van der Waals surface area (Å²) in [5, 5.41) is 0. The fourth-order valence-corrected chi connectivity index (χ4v) is 3.91. The van der Waals surface area contributed by atoms with Crippen molar-refractivity contribution in [2.75, 3.05) is 21.3 Å². The van der Waals surface area contributed by atoms with Crippen LogP contribution in [0.1, 0.15) is 39.5 Å². The van der Waals surface area contributed by atoms with Crippen molar-refractivity contribution in [1.29, 1.82) is 0 Å². The molecule has 0 saturated carbocycles. The van der Waals surface area contributed by atoms with Crippen LogP contribution >= 0.6 is 0 Å². The van der Waals surface area contributed by atoms with Crippen LogP contribution in [-0.4, -0.2) is 41.7 Å². The molecule has 1 unspecified atom stereocenters. The summed E-state index contributed by atoms with van der Waals surface area (Å²) in [5.74, 6) is 0. The zero-order valence-corrected chi connectivity index (χ0v) is 13.5. The van der Waals surface area contributed by atoms with E-state index in [1.54, 1.807) is 21.3 Å². The van der Waals surface area contributed by atoms with Crippen molar-refractivity contribution in [2.45, 2.75) is 57.2 Å². The van der Waals surface area contributed by atoms with Gasteiger partial charge in [-0.25, -0.2) is 0 Å². The first-order valence-electron chi connectivity index (χ1n) is 6.63. The molecular formula is C12H30N2O3Si. The molecule has 0 aromatic rings. The molecule has 0 radical (unpaired) electrons.